The molecule has 0 aliphatic heterocycles. The van der Waals surface area contributed by atoms with Gasteiger partial charge in [0, 0.05) is 6.20 Å². The summed E-state index contributed by atoms with van der Waals surface area (Å²) in [6.07, 6.45) is 1.79. The van der Waals surface area contributed by atoms with Crippen LogP contribution in [0.25, 0.3) is 0 Å². The summed E-state index contributed by atoms with van der Waals surface area (Å²) in [7, 11) is 0. The van der Waals surface area contributed by atoms with E-state index in [0.717, 1.165) is 11.4 Å². The normalized spacial score (nSPS) is 13.4. The first-order valence-corrected chi connectivity index (χ1v) is 5.78. The zero-order chi connectivity index (χ0) is 12.1. The summed E-state index contributed by atoms with van der Waals surface area (Å²) >= 11 is 0. The minimum atomic E-state index is 0.165. The average molecular weight is 224 g/mol. The van der Waals surface area contributed by atoms with Crippen molar-refractivity contribution in [2.24, 2.45) is 4.99 Å². The lowest BCUT2D eigenvalue weighted by atomic mass is 10.1. The lowest BCUT2D eigenvalue weighted by Crippen LogP contribution is -2.00. The maximum Gasteiger partial charge on any atom is 0.0837 e. The number of nitrogens with zero attached hydrogens (tertiary/aromatic N) is 2. The Balaban J connectivity index is 2.20. The van der Waals surface area contributed by atoms with E-state index in [1.165, 1.54) is 5.56 Å². The van der Waals surface area contributed by atoms with Crippen LogP contribution >= 0.6 is 0 Å². The number of hydrogen-bond acceptors (Lipinski definition) is 2. The third kappa shape index (κ3) is 3.00. The van der Waals surface area contributed by atoms with Crippen LogP contribution in [0.4, 0.5) is 0 Å². The predicted molar refractivity (Wildman–Crippen MR) is 71.3 cm³/mol. The maximum absolute atomic E-state index is 4.67. The van der Waals surface area contributed by atoms with Gasteiger partial charge in [0.15, 0.2) is 0 Å². The molecule has 1 aromatic heterocycles. The molecule has 0 radical (unpaired) electrons. The summed E-state index contributed by atoms with van der Waals surface area (Å²) in [5.74, 6) is 0. The molecule has 0 aliphatic rings. The van der Waals surface area contributed by atoms with Crippen molar-refractivity contribution >= 4 is 5.71 Å². The molecule has 1 unspecified atom stereocenters. The summed E-state index contributed by atoms with van der Waals surface area (Å²) in [5, 5.41) is 0. The van der Waals surface area contributed by atoms with Crippen molar-refractivity contribution in [1.82, 2.24) is 4.98 Å². The highest BCUT2D eigenvalue weighted by Gasteiger charge is 2.04. The van der Waals surface area contributed by atoms with Gasteiger partial charge in [-0.05, 0) is 31.5 Å². The quantitative estimate of drug-likeness (QED) is 0.730. The summed E-state index contributed by atoms with van der Waals surface area (Å²) in [5.41, 5.74) is 3.14. The van der Waals surface area contributed by atoms with Crippen LogP contribution in [0.15, 0.2) is 59.7 Å². The van der Waals surface area contributed by atoms with Crippen LogP contribution in [0.3, 0.4) is 0 Å². The first kappa shape index (κ1) is 11.5. The summed E-state index contributed by atoms with van der Waals surface area (Å²) < 4.78 is 0. The molecule has 17 heavy (non-hydrogen) atoms. The van der Waals surface area contributed by atoms with Crippen molar-refractivity contribution in [2.45, 2.75) is 19.9 Å². The smallest absolute Gasteiger partial charge is 0.0837 e. The van der Waals surface area contributed by atoms with Gasteiger partial charge in [-0.15, -0.1) is 0 Å². The molecule has 0 aliphatic carbocycles. The van der Waals surface area contributed by atoms with Gasteiger partial charge in [-0.2, -0.15) is 0 Å². The van der Waals surface area contributed by atoms with Crippen LogP contribution in [0.2, 0.25) is 0 Å². The Kier molecular flexibility index (Phi) is 3.66. The highest BCUT2D eigenvalue weighted by molar-refractivity contribution is 5.97. The first-order chi connectivity index (χ1) is 8.27. The zero-order valence-corrected chi connectivity index (χ0v) is 10.2. The largest absolute Gasteiger partial charge is 0.280 e. The van der Waals surface area contributed by atoms with Crippen LogP contribution in [-0.4, -0.2) is 10.7 Å². The Labute approximate surface area is 102 Å². The van der Waals surface area contributed by atoms with Crippen LogP contribution in [0, 0.1) is 0 Å². The molecule has 1 heterocycles. The summed E-state index contributed by atoms with van der Waals surface area (Å²) in [4.78, 5) is 8.97. The molecule has 0 bridgehead atoms. The number of benzene rings is 1. The number of rotatable bonds is 3. The Bertz CT molecular complexity index is 489. The molecule has 0 saturated heterocycles. The van der Waals surface area contributed by atoms with Crippen molar-refractivity contribution in [3.05, 3.63) is 66.0 Å². The van der Waals surface area contributed by atoms with Crippen LogP contribution in [0.5, 0.6) is 0 Å². The molecule has 2 nitrogen and oxygen atoms in total. The highest BCUT2D eigenvalue weighted by atomic mass is 14.8. The van der Waals surface area contributed by atoms with E-state index >= 15 is 0 Å². The van der Waals surface area contributed by atoms with E-state index in [0.29, 0.717) is 0 Å². The Morgan fingerprint density at radius 2 is 1.76 bits per heavy atom. The molecule has 2 heteroatoms. The number of pyridine rings is 1. The summed E-state index contributed by atoms with van der Waals surface area (Å²) in [6.45, 7) is 4.10. The van der Waals surface area contributed by atoms with E-state index in [-0.39, 0.29) is 6.04 Å². The fraction of sp³-hybridized carbons (Fsp3) is 0.200. The minimum absolute atomic E-state index is 0.165. The van der Waals surface area contributed by atoms with Gasteiger partial charge in [0.05, 0.1) is 17.4 Å². The fourth-order valence-corrected chi connectivity index (χ4v) is 1.74. The Morgan fingerprint density at radius 1 is 1.06 bits per heavy atom. The van der Waals surface area contributed by atoms with Crippen LogP contribution in [-0.2, 0) is 0 Å². The van der Waals surface area contributed by atoms with Gasteiger partial charge < -0.3 is 0 Å². The van der Waals surface area contributed by atoms with E-state index in [1.54, 1.807) is 6.20 Å². The molecule has 0 N–H and O–H groups in total. The highest BCUT2D eigenvalue weighted by Crippen LogP contribution is 2.16. The van der Waals surface area contributed by atoms with E-state index in [1.807, 2.05) is 43.3 Å². The molecule has 0 fully saturated rings. The second-order valence-corrected chi connectivity index (χ2v) is 4.02. The van der Waals surface area contributed by atoms with Crippen molar-refractivity contribution in [3.63, 3.8) is 0 Å². The molecule has 0 spiro atoms. The molecule has 1 aromatic carbocycles. The van der Waals surface area contributed by atoms with E-state index in [4.69, 9.17) is 0 Å². The van der Waals surface area contributed by atoms with Gasteiger partial charge in [-0.1, -0.05) is 36.4 Å². The van der Waals surface area contributed by atoms with Gasteiger partial charge in [-0.3, -0.25) is 9.98 Å². The van der Waals surface area contributed by atoms with Gasteiger partial charge in [0.1, 0.15) is 0 Å². The third-order valence-corrected chi connectivity index (χ3v) is 2.70. The van der Waals surface area contributed by atoms with E-state index in [2.05, 4.69) is 29.0 Å². The average Bonchev–Trinajstić information content (AvgIpc) is 2.40. The monoisotopic (exact) mass is 224 g/mol. The predicted octanol–water partition coefficient (Wildman–Crippen LogP) is 3.65. The molecule has 0 amide bonds. The van der Waals surface area contributed by atoms with E-state index < -0.39 is 0 Å². The molecular weight excluding hydrogens is 208 g/mol. The lowest BCUT2D eigenvalue weighted by Gasteiger charge is -2.08. The molecule has 2 aromatic rings. The standard InChI is InChI=1S/C15H16N2/c1-12(14-8-4-3-5-9-14)17-13(2)15-10-6-7-11-16-15/h3-12H,1-2H3. The second-order valence-electron chi connectivity index (χ2n) is 4.02. The molecular formula is C15H16N2. The topological polar surface area (TPSA) is 25.2 Å². The van der Waals surface area contributed by atoms with Gasteiger partial charge in [0.2, 0.25) is 0 Å². The van der Waals surface area contributed by atoms with Gasteiger partial charge in [-0.25, -0.2) is 0 Å². The Morgan fingerprint density at radius 3 is 2.41 bits per heavy atom. The van der Waals surface area contributed by atoms with Crippen molar-refractivity contribution < 1.29 is 0 Å². The molecule has 86 valence electrons. The zero-order valence-electron chi connectivity index (χ0n) is 10.2. The SMILES string of the molecule is CC(=NC(C)c1ccccc1)c1ccccn1. The van der Waals surface area contributed by atoms with Crippen molar-refractivity contribution in [2.75, 3.05) is 0 Å². The van der Waals surface area contributed by atoms with Gasteiger partial charge in [0.25, 0.3) is 0 Å². The van der Waals surface area contributed by atoms with Gasteiger partial charge >= 0.3 is 0 Å². The number of aromatic nitrogens is 1. The fourth-order valence-electron chi connectivity index (χ4n) is 1.74. The van der Waals surface area contributed by atoms with Crippen LogP contribution in [0.1, 0.15) is 31.1 Å². The summed E-state index contributed by atoms with van der Waals surface area (Å²) in [6, 6.07) is 16.3. The van der Waals surface area contributed by atoms with Crippen molar-refractivity contribution in [3.8, 4) is 0 Å². The minimum Gasteiger partial charge on any atom is -0.280 e. The number of hydrogen-bond donors (Lipinski definition) is 0. The second kappa shape index (κ2) is 5.39. The number of aliphatic imine (C=N–C) groups is 1. The van der Waals surface area contributed by atoms with Crippen molar-refractivity contribution in [1.29, 1.82) is 0 Å². The molecule has 0 saturated carbocycles. The molecule has 1 atom stereocenters. The molecule has 2 rings (SSSR count). The third-order valence-electron chi connectivity index (χ3n) is 2.70. The Hall–Kier alpha value is -1.96. The van der Waals surface area contributed by atoms with E-state index in [9.17, 15) is 0 Å². The first-order valence-electron chi connectivity index (χ1n) is 5.78. The van der Waals surface area contributed by atoms with Crippen LogP contribution < -0.4 is 0 Å². The maximum atomic E-state index is 4.67. The lowest BCUT2D eigenvalue weighted by molar-refractivity contribution is 0.818.